The zero-order valence-electron chi connectivity index (χ0n) is 14.5. The molecule has 3 unspecified atom stereocenters. The SMILES string of the molecule is CC1CC1N1CC(NC(=O)NCc2ccccc2CC(F)(F)F)CC1=O. The van der Waals surface area contributed by atoms with E-state index in [4.69, 9.17) is 0 Å². The lowest BCUT2D eigenvalue weighted by Crippen LogP contribution is -2.43. The molecular formula is C18H22F3N3O2. The minimum Gasteiger partial charge on any atom is -0.337 e. The number of halogens is 3. The van der Waals surface area contributed by atoms with E-state index in [0.29, 0.717) is 18.0 Å². The number of hydrogen-bond acceptors (Lipinski definition) is 2. The molecule has 0 aromatic heterocycles. The molecule has 1 saturated carbocycles. The summed E-state index contributed by atoms with van der Waals surface area (Å²) in [5, 5.41) is 5.33. The van der Waals surface area contributed by atoms with Crippen molar-refractivity contribution in [2.24, 2.45) is 5.92 Å². The van der Waals surface area contributed by atoms with Crippen molar-refractivity contribution in [2.75, 3.05) is 6.54 Å². The van der Waals surface area contributed by atoms with Crippen LogP contribution < -0.4 is 10.6 Å². The number of rotatable bonds is 5. The zero-order chi connectivity index (χ0) is 18.9. The Labute approximate surface area is 149 Å². The van der Waals surface area contributed by atoms with Gasteiger partial charge in [0.05, 0.1) is 12.5 Å². The highest BCUT2D eigenvalue weighted by molar-refractivity contribution is 5.82. The minimum absolute atomic E-state index is 0.00211. The Morgan fingerprint density at radius 3 is 2.54 bits per heavy atom. The molecule has 1 aromatic carbocycles. The predicted molar refractivity (Wildman–Crippen MR) is 89.3 cm³/mol. The van der Waals surface area contributed by atoms with Crippen molar-refractivity contribution < 1.29 is 22.8 Å². The number of nitrogens with one attached hydrogen (secondary N) is 2. The third-order valence-corrected chi connectivity index (χ3v) is 4.91. The summed E-state index contributed by atoms with van der Waals surface area (Å²) in [6.45, 7) is 2.58. The van der Waals surface area contributed by atoms with Gasteiger partial charge in [-0.05, 0) is 23.5 Å². The van der Waals surface area contributed by atoms with Gasteiger partial charge in [0, 0.05) is 25.6 Å². The van der Waals surface area contributed by atoms with E-state index in [1.54, 1.807) is 18.2 Å². The molecular weight excluding hydrogens is 347 g/mol. The molecule has 1 aliphatic carbocycles. The van der Waals surface area contributed by atoms with Crippen LogP contribution in [0.15, 0.2) is 24.3 Å². The lowest BCUT2D eigenvalue weighted by molar-refractivity contribution is -0.128. The molecule has 0 radical (unpaired) electrons. The van der Waals surface area contributed by atoms with Crippen LogP contribution in [-0.4, -0.2) is 41.6 Å². The molecule has 142 valence electrons. The van der Waals surface area contributed by atoms with Crippen LogP contribution in [0.3, 0.4) is 0 Å². The predicted octanol–water partition coefficient (Wildman–Crippen LogP) is 2.60. The van der Waals surface area contributed by atoms with Crippen LogP contribution in [-0.2, 0) is 17.8 Å². The van der Waals surface area contributed by atoms with Gasteiger partial charge in [0.25, 0.3) is 0 Å². The number of carbonyl (C=O) groups is 2. The maximum atomic E-state index is 12.6. The average Bonchev–Trinajstić information content (AvgIpc) is 3.15. The monoisotopic (exact) mass is 369 g/mol. The maximum Gasteiger partial charge on any atom is 0.393 e. The Morgan fingerprint density at radius 2 is 1.92 bits per heavy atom. The number of amides is 3. The van der Waals surface area contributed by atoms with Crippen molar-refractivity contribution in [1.82, 2.24) is 15.5 Å². The Bertz CT molecular complexity index is 693. The van der Waals surface area contributed by atoms with Crippen LogP contribution >= 0.6 is 0 Å². The van der Waals surface area contributed by atoms with Crippen molar-refractivity contribution >= 4 is 11.9 Å². The number of alkyl halides is 3. The lowest BCUT2D eigenvalue weighted by atomic mass is 10.0. The fourth-order valence-corrected chi connectivity index (χ4v) is 3.42. The summed E-state index contributed by atoms with van der Waals surface area (Å²) in [5.74, 6) is 0.553. The summed E-state index contributed by atoms with van der Waals surface area (Å²) in [6, 6.07) is 5.70. The molecule has 1 aliphatic heterocycles. The fourth-order valence-electron chi connectivity index (χ4n) is 3.42. The zero-order valence-corrected chi connectivity index (χ0v) is 14.5. The first kappa shape index (κ1) is 18.5. The fraction of sp³-hybridized carbons (Fsp3) is 0.556. The molecule has 3 atom stereocenters. The van der Waals surface area contributed by atoms with E-state index in [0.717, 1.165) is 6.42 Å². The molecule has 1 heterocycles. The second-order valence-corrected chi connectivity index (χ2v) is 7.12. The van der Waals surface area contributed by atoms with Crippen LogP contribution in [0.1, 0.15) is 30.9 Å². The number of likely N-dealkylation sites (tertiary alicyclic amines) is 1. The molecule has 0 bridgehead atoms. The van der Waals surface area contributed by atoms with Crippen LogP contribution in [0.5, 0.6) is 0 Å². The summed E-state index contributed by atoms with van der Waals surface area (Å²) in [4.78, 5) is 25.9. The highest BCUT2D eigenvalue weighted by Gasteiger charge is 2.44. The number of hydrogen-bond donors (Lipinski definition) is 2. The number of nitrogens with zero attached hydrogens (tertiary/aromatic N) is 1. The Morgan fingerprint density at radius 1 is 1.27 bits per heavy atom. The third kappa shape index (κ3) is 4.68. The van der Waals surface area contributed by atoms with Gasteiger partial charge in [-0.15, -0.1) is 0 Å². The van der Waals surface area contributed by atoms with Crippen molar-refractivity contribution in [3.8, 4) is 0 Å². The molecule has 2 aliphatic rings. The van der Waals surface area contributed by atoms with Crippen LogP contribution in [0.2, 0.25) is 0 Å². The van der Waals surface area contributed by atoms with Crippen LogP contribution in [0.25, 0.3) is 0 Å². The third-order valence-electron chi connectivity index (χ3n) is 4.91. The van der Waals surface area contributed by atoms with Gasteiger partial charge < -0.3 is 15.5 Å². The average molecular weight is 369 g/mol. The molecule has 2 fully saturated rings. The van der Waals surface area contributed by atoms with E-state index in [1.807, 2.05) is 4.90 Å². The topological polar surface area (TPSA) is 61.4 Å². The van der Waals surface area contributed by atoms with Gasteiger partial charge in [-0.2, -0.15) is 13.2 Å². The van der Waals surface area contributed by atoms with Crippen LogP contribution in [0.4, 0.5) is 18.0 Å². The van der Waals surface area contributed by atoms with E-state index >= 15 is 0 Å². The maximum absolute atomic E-state index is 12.6. The van der Waals surface area contributed by atoms with Crippen LogP contribution in [0, 0.1) is 5.92 Å². The van der Waals surface area contributed by atoms with Crippen molar-refractivity contribution in [1.29, 1.82) is 0 Å². The Kier molecular flexibility index (Phi) is 5.11. The first-order chi connectivity index (χ1) is 12.2. The van der Waals surface area contributed by atoms with Gasteiger partial charge in [0.1, 0.15) is 0 Å². The van der Waals surface area contributed by atoms with Gasteiger partial charge in [0.15, 0.2) is 0 Å². The first-order valence-corrected chi connectivity index (χ1v) is 8.70. The van der Waals surface area contributed by atoms with Gasteiger partial charge in [-0.3, -0.25) is 4.79 Å². The number of carbonyl (C=O) groups excluding carboxylic acids is 2. The molecule has 26 heavy (non-hydrogen) atoms. The molecule has 0 spiro atoms. The highest BCUT2D eigenvalue weighted by Crippen LogP contribution is 2.37. The number of urea groups is 1. The second kappa shape index (κ2) is 7.17. The molecule has 8 heteroatoms. The summed E-state index contributed by atoms with van der Waals surface area (Å²) in [6.07, 6.45) is -4.06. The van der Waals surface area contributed by atoms with E-state index in [1.165, 1.54) is 6.07 Å². The van der Waals surface area contributed by atoms with Crippen molar-refractivity contribution in [2.45, 2.75) is 51.0 Å². The highest BCUT2D eigenvalue weighted by atomic mass is 19.4. The molecule has 3 rings (SSSR count). The quantitative estimate of drug-likeness (QED) is 0.838. The van der Waals surface area contributed by atoms with Crippen molar-refractivity contribution in [3.63, 3.8) is 0 Å². The lowest BCUT2D eigenvalue weighted by Gasteiger charge is -2.17. The first-order valence-electron chi connectivity index (χ1n) is 8.70. The summed E-state index contributed by atoms with van der Waals surface area (Å²) >= 11 is 0. The van der Waals surface area contributed by atoms with Gasteiger partial charge in [-0.1, -0.05) is 31.2 Å². The van der Waals surface area contributed by atoms with E-state index < -0.39 is 18.6 Å². The van der Waals surface area contributed by atoms with Gasteiger partial charge in [0.2, 0.25) is 5.91 Å². The summed E-state index contributed by atoms with van der Waals surface area (Å²) < 4.78 is 37.9. The second-order valence-electron chi connectivity index (χ2n) is 7.12. The van der Waals surface area contributed by atoms with Gasteiger partial charge >= 0.3 is 12.2 Å². The van der Waals surface area contributed by atoms with E-state index in [2.05, 4.69) is 17.6 Å². The van der Waals surface area contributed by atoms with Gasteiger partial charge in [-0.25, -0.2) is 4.79 Å². The normalized spacial score (nSPS) is 25.3. The van der Waals surface area contributed by atoms with Crippen molar-refractivity contribution in [3.05, 3.63) is 35.4 Å². The van der Waals surface area contributed by atoms with E-state index in [-0.39, 0.29) is 36.5 Å². The number of benzene rings is 1. The largest absolute Gasteiger partial charge is 0.393 e. The van der Waals surface area contributed by atoms with E-state index in [9.17, 15) is 22.8 Å². The molecule has 2 N–H and O–H groups in total. The summed E-state index contributed by atoms with van der Waals surface area (Å²) in [7, 11) is 0. The molecule has 3 amide bonds. The smallest absolute Gasteiger partial charge is 0.337 e. The molecule has 1 saturated heterocycles. The molecule has 5 nitrogen and oxygen atoms in total. The Hall–Kier alpha value is -2.25. The molecule has 1 aromatic rings. The summed E-state index contributed by atoms with van der Waals surface area (Å²) in [5.41, 5.74) is 0.571. The standard InChI is InChI=1S/C18H22F3N3O2/c1-11-6-15(11)24-10-14(7-16(24)25)23-17(26)22-9-13-5-3-2-4-12(13)8-18(19,20)21/h2-5,11,14-15H,6-10H2,1H3,(H2,22,23,26). The Balaban J connectivity index is 1.50. The minimum atomic E-state index is -4.30.